The van der Waals surface area contributed by atoms with E-state index >= 15 is 0 Å². The minimum Gasteiger partial charge on any atom is -0.397 e. The number of hydrogen-bond donors (Lipinski definition) is 2. The van der Waals surface area contributed by atoms with E-state index in [9.17, 15) is 9.18 Å². The largest absolute Gasteiger partial charge is 0.397 e. The molecule has 3 N–H and O–H groups in total. The molecule has 3 rings (SSSR count). The molecule has 21 heavy (non-hydrogen) atoms. The summed E-state index contributed by atoms with van der Waals surface area (Å²) in [5, 5.41) is 2.75. The van der Waals surface area contributed by atoms with E-state index in [1.165, 1.54) is 31.0 Å². The number of nitrogen functional groups attached to an aromatic ring is 1. The number of anilines is 2. The lowest BCUT2D eigenvalue weighted by atomic mass is 10.2. The SMILES string of the molecule is Nc1cc(F)ccc1NC(=O)CN1CCN(C2CC2)CC1. The number of piperazine rings is 1. The minimum absolute atomic E-state index is 0.104. The maximum atomic E-state index is 13.0. The molecule has 0 aromatic heterocycles. The minimum atomic E-state index is -0.401. The zero-order chi connectivity index (χ0) is 14.8. The first-order valence-corrected chi connectivity index (χ1v) is 7.43. The van der Waals surface area contributed by atoms with Crippen LogP contribution < -0.4 is 11.1 Å². The van der Waals surface area contributed by atoms with Crippen molar-refractivity contribution in [1.82, 2.24) is 9.80 Å². The van der Waals surface area contributed by atoms with E-state index in [1.54, 1.807) is 0 Å². The summed E-state index contributed by atoms with van der Waals surface area (Å²) in [6.45, 7) is 4.27. The summed E-state index contributed by atoms with van der Waals surface area (Å²) in [5.74, 6) is -0.505. The van der Waals surface area contributed by atoms with Crippen molar-refractivity contribution in [3.8, 4) is 0 Å². The van der Waals surface area contributed by atoms with E-state index in [0.29, 0.717) is 12.2 Å². The topological polar surface area (TPSA) is 61.6 Å². The molecule has 1 saturated heterocycles. The summed E-state index contributed by atoms with van der Waals surface area (Å²) in [5.41, 5.74) is 6.41. The van der Waals surface area contributed by atoms with Crippen LogP contribution in [-0.4, -0.2) is 54.5 Å². The molecule has 114 valence electrons. The molecule has 0 atom stereocenters. The van der Waals surface area contributed by atoms with Crippen LogP contribution in [0, 0.1) is 5.82 Å². The lowest BCUT2D eigenvalue weighted by molar-refractivity contribution is -0.117. The molecule has 1 aromatic carbocycles. The number of nitrogens with one attached hydrogen (secondary N) is 1. The van der Waals surface area contributed by atoms with E-state index in [-0.39, 0.29) is 11.6 Å². The number of amides is 1. The average Bonchev–Trinajstić information content (AvgIpc) is 3.27. The second-order valence-electron chi connectivity index (χ2n) is 5.82. The third-order valence-electron chi connectivity index (χ3n) is 4.13. The van der Waals surface area contributed by atoms with Gasteiger partial charge in [-0.1, -0.05) is 0 Å². The number of rotatable bonds is 4. The summed E-state index contributed by atoms with van der Waals surface area (Å²) in [4.78, 5) is 16.7. The first kappa shape index (κ1) is 14.3. The highest BCUT2D eigenvalue weighted by molar-refractivity contribution is 5.95. The molecule has 1 saturated carbocycles. The van der Waals surface area contributed by atoms with Gasteiger partial charge in [0.05, 0.1) is 17.9 Å². The van der Waals surface area contributed by atoms with Gasteiger partial charge in [0, 0.05) is 32.2 Å². The molecule has 2 aliphatic rings. The fourth-order valence-electron chi connectivity index (χ4n) is 2.77. The lowest BCUT2D eigenvalue weighted by Gasteiger charge is -2.34. The maximum Gasteiger partial charge on any atom is 0.238 e. The van der Waals surface area contributed by atoms with Crippen LogP contribution in [0.4, 0.5) is 15.8 Å². The summed E-state index contributed by atoms with van der Waals surface area (Å²) < 4.78 is 13.0. The molecule has 6 heteroatoms. The van der Waals surface area contributed by atoms with Gasteiger partial charge in [-0.3, -0.25) is 14.6 Å². The van der Waals surface area contributed by atoms with Gasteiger partial charge in [-0.2, -0.15) is 0 Å². The van der Waals surface area contributed by atoms with Crippen molar-refractivity contribution < 1.29 is 9.18 Å². The first-order valence-electron chi connectivity index (χ1n) is 7.43. The van der Waals surface area contributed by atoms with Crippen molar-refractivity contribution in [1.29, 1.82) is 0 Å². The van der Waals surface area contributed by atoms with Crippen LogP contribution in [0.1, 0.15) is 12.8 Å². The Bertz CT molecular complexity index is 524. The van der Waals surface area contributed by atoms with Crippen LogP contribution in [0.3, 0.4) is 0 Å². The number of benzene rings is 1. The Kier molecular flexibility index (Phi) is 4.07. The summed E-state index contributed by atoms with van der Waals surface area (Å²) >= 11 is 0. The predicted octanol–water partition coefficient (Wildman–Crippen LogP) is 1.13. The maximum absolute atomic E-state index is 13.0. The van der Waals surface area contributed by atoms with Crippen LogP contribution in [0.15, 0.2) is 18.2 Å². The molecule has 1 heterocycles. The van der Waals surface area contributed by atoms with E-state index in [0.717, 1.165) is 32.2 Å². The van der Waals surface area contributed by atoms with Crippen molar-refractivity contribution in [2.45, 2.75) is 18.9 Å². The fourth-order valence-corrected chi connectivity index (χ4v) is 2.77. The van der Waals surface area contributed by atoms with E-state index in [4.69, 9.17) is 5.73 Å². The summed E-state index contributed by atoms with van der Waals surface area (Å²) in [6, 6.07) is 4.79. The second-order valence-corrected chi connectivity index (χ2v) is 5.82. The summed E-state index contributed by atoms with van der Waals surface area (Å²) in [6.07, 6.45) is 2.65. The quantitative estimate of drug-likeness (QED) is 0.817. The van der Waals surface area contributed by atoms with Gasteiger partial charge in [-0.05, 0) is 31.0 Å². The second kappa shape index (κ2) is 5.99. The molecule has 1 amide bonds. The van der Waals surface area contributed by atoms with Gasteiger partial charge in [0.2, 0.25) is 5.91 Å². The monoisotopic (exact) mass is 292 g/mol. The third kappa shape index (κ3) is 3.71. The van der Waals surface area contributed by atoms with Gasteiger partial charge in [-0.15, -0.1) is 0 Å². The Balaban J connectivity index is 1.47. The normalized spacial score (nSPS) is 20.4. The lowest BCUT2D eigenvalue weighted by Crippen LogP contribution is -2.49. The average molecular weight is 292 g/mol. The van der Waals surface area contributed by atoms with Crippen molar-refractivity contribution in [3.63, 3.8) is 0 Å². The van der Waals surface area contributed by atoms with E-state index < -0.39 is 5.82 Å². The molecule has 0 spiro atoms. The van der Waals surface area contributed by atoms with Gasteiger partial charge in [0.25, 0.3) is 0 Å². The Labute approximate surface area is 123 Å². The van der Waals surface area contributed by atoms with Crippen LogP contribution in [0.2, 0.25) is 0 Å². The number of nitrogens with zero attached hydrogens (tertiary/aromatic N) is 2. The van der Waals surface area contributed by atoms with E-state index in [2.05, 4.69) is 15.1 Å². The molecular weight excluding hydrogens is 271 g/mol. The first-order chi connectivity index (χ1) is 10.1. The Morgan fingerprint density at radius 3 is 2.62 bits per heavy atom. The zero-order valence-electron chi connectivity index (χ0n) is 12.0. The third-order valence-corrected chi connectivity index (χ3v) is 4.13. The molecule has 0 unspecified atom stereocenters. The van der Waals surface area contributed by atoms with Gasteiger partial charge in [0.1, 0.15) is 5.82 Å². The van der Waals surface area contributed by atoms with Crippen molar-refractivity contribution >= 4 is 17.3 Å². The van der Waals surface area contributed by atoms with Gasteiger partial charge >= 0.3 is 0 Å². The molecule has 0 bridgehead atoms. The molecule has 0 radical (unpaired) electrons. The molecular formula is C15H21FN4O. The van der Waals surface area contributed by atoms with Gasteiger partial charge in [-0.25, -0.2) is 4.39 Å². The van der Waals surface area contributed by atoms with Crippen molar-refractivity contribution in [3.05, 3.63) is 24.0 Å². The van der Waals surface area contributed by atoms with E-state index in [1.807, 2.05) is 0 Å². The highest BCUT2D eigenvalue weighted by Gasteiger charge is 2.31. The fraction of sp³-hybridized carbons (Fsp3) is 0.533. The number of carbonyl (C=O) groups excluding carboxylic acids is 1. The van der Waals surface area contributed by atoms with Gasteiger partial charge in [0.15, 0.2) is 0 Å². The predicted molar refractivity (Wildman–Crippen MR) is 80.5 cm³/mol. The Morgan fingerprint density at radius 1 is 1.29 bits per heavy atom. The van der Waals surface area contributed by atoms with Crippen LogP contribution in [0.25, 0.3) is 0 Å². The molecule has 1 aromatic rings. The Morgan fingerprint density at radius 2 is 2.00 bits per heavy atom. The van der Waals surface area contributed by atoms with Crippen molar-refractivity contribution in [2.24, 2.45) is 0 Å². The van der Waals surface area contributed by atoms with Crippen LogP contribution >= 0.6 is 0 Å². The Hall–Kier alpha value is -1.66. The standard InChI is InChI=1S/C15H21FN4O/c16-11-1-4-14(13(17)9-11)18-15(21)10-19-5-7-20(8-6-19)12-2-3-12/h1,4,9,12H,2-3,5-8,10,17H2,(H,18,21). The molecule has 1 aliphatic heterocycles. The smallest absolute Gasteiger partial charge is 0.238 e. The molecule has 2 fully saturated rings. The van der Waals surface area contributed by atoms with Crippen LogP contribution in [-0.2, 0) is 4.79 Å². The van der Waals surface area contributed by atoms with Crippen molar-refractivity contribution in [2.75, 3.05) is 43.8 Å². The zero-order valence-corrected chi connectivity index (χ0v) is 12.0. The highest BCUT2D eigenvalue weighted by Crippen LogP contribution is 2.27. The molecule has 1 aliphatic carbocycles. The summed E-state index contributed by atoms with van der Waals surface area (Å²) in [7, 11) is 0. The van der Waals surface area contributed by atoms with Gasteiger partial charge < -0.3 is 11.1 Å². The number of nitrogens with two attached hydrogens (primary N) is 1. The number of halogens is 1. The number of carbonyl (C=O) groups is 1. The highest BCUT2D eigenvalue weighted by atomic mass is 19.1. The number of hydrogen-bond acceptors (Lipinski definition) is 4. The molecule has 5 nitrogen and oxygen atoms in total. The van der Waals surface area contributed by atoms with Crippen LogP contribution in [0.5, 0.6) is 0 Å².